The monoisotopic (exact) mass is 261 g/mol. The second-order valence-electron chi connectivity index (χ2n) is 4.17. The van der Waals surface area contributed by atoms with Gasteiger partial charge in [-0.1, -0.05) is 6.92 Å². The van der Waals surface area contributed by atoms with Gasteiger partial charge in [-0.25, -0.2) is 0 Å². The molecule has 0 amide bonds. The third-order valence-corrected chi connectivity index (χ3v) is 2.94. The van der Waals surface area contributed by atoms with Crippen molar-refractivity contribution < 1.29 is 4.74 Å². The van der Waals surface area contributed by atoms with Crippen LogP contribution in [0.25, 0.3) is 0 Å². The summed E-state index contributed by atoms with van der Waals surface area (Å²) in [4.78, 5) is 8.48. The molecular formula is C13H19N5O. The van der Waals surface area contributed by atoms with Crippen molar-refractivity contribution in [3.63, 3.8) is 0 Å². The van der Waals surface area contributed by atoms with E-state index >= 15 is 0 Å². The van der Waals surface area contributed by atoms with Gasteiger partial charge < -0.3 is 10.1 Å². The number of rotatable bonds is 6. The van der Waals surface area contributed by atoms with Crippen LogP contribution in [-0.2, 0) is 6.54 Å². The predicted molar refractivity (Wildman–Crippen MR) is 72.0 cm³/mol. The maximum absolute atomic E-state index is 5.41. The fourth-order valence-corrected chi connectivity index (χ4v) is 2.10. The van der Waals surface area contributed by atoms with Gasteiger partial charge in [0.15, 0.2) is 5.75 Å². The molecule has 0 aliphatic heterocycles. The second kappa shape index (κ2) is 6.29. The van der Waals surface area contributed by atoms with Gasteiger partial charge in [-0.15, -0.1) is 0 Å². The standard InChI is InChI=1S/C13H19N5O/c1-4-7-18-13(11(19-3)9-17-18)12(14-2)10-8-15-5-6-16-10/h5-6,8-9,12,14H,4,7H2,1-3H3. The Bertz CT molecular complexity index is 511. The van der Waals surface area contributed by atoms with Crippen LogP contribution in [0, 0.1) is 0 Å². The third-order valence-electron chi connectivity index (χ3n) is 2.94. The molecular weight excluding hydrogens is 242 g/mol. The van der Waals surface area contributed by atoms with Crippen molar-refractivity contribution in [3.05, 3.63) is 36.2 Å². The van der Waals surface area contributed by atoms with Crippen LogP contribution in [0.2, 0.25) is 0 Å². The van der Waals surface area contributed by atoms with E-state index in [9.17, 15) is 0 Å². The number of aromatic nitrogens is 4. The first-order valence-corrected chi connectivity index (χ1v) is 6.34. The maximum atomic E-state index is 5.41. The van der Waals surface area contributed by atoms with Gasteiger partial charge in [0.25, 0.3) is 0 Å². The molecule has 0 aliphatic carbocycles. The third kappa shape index (κ3) is 2.73. The highest BCUT2D eigenvalue weighted by Crippen LogP contribution is 2.28. The average molecular weight is 261 g/mol. The van der Waals surface area contributed by atoms with E-state index < -0.39 is 0 Å². The number of nitrogens with one attached hydrogen (secondary N) is 1. The summed E-state index contributed by atoms with van der Waals surface area (Å²) in [5.41, 5.74) is 1.83. The van der Waals surface area contributed by atoms with Crippen molar-refractivity contribution in [2.75, 3.05) is 14.2 Å². The van der Waals surface area contributed by atoms with Gasteiger partial charge >= 0.3 is 0 Å². The molecule has 0 spiro atoms. The van der Waals surface area contributed by atoms with Gasteiger partial charge in [0.1, 0.15) is 5.69 Å². The maximum Gasteiger partial charge on any atom is 0.161 e. The zero-order valence-electron chi connectivity index (χ0n) is 11.5. The van der Waals surface area contributed by atoms with Crippen molar-refractivity contribution >= 4 is 0 Å². The number of aryl methyl sites for hydroxylation is 1. The van der Waals surface area contributed by atoms with E-state index in [4.69, 9.17) is 4.74 Å². The van der Waals surface area contributed by atoms with Crippen molar-refractivity contribution in [1.82, 2.24) is 25.1 Å². The lowest BCUT2D eigenvalue weighted by molar-refractivity contribution is 0.399. The Morgan fingerprint density at radius 3 is 2.79 bits per heavy atom. The van der Waals surface area contributed by atoms with Gasteiger partial charge in [0, 0.05) is 18.9 Å². The molecule has 2 heterocycles. The van der Waals surface area contributed by atoms with Crippen LogP contribution in [0.15, 0.2) is 24.8 Å². The first kappa shape index (κ1) is 13.5. The van der Waals surface area contributed by atoms with E-state index in [1.54, 1.807) is 31.9 Å². The number of hydrogen-bond acceptors (Lipinski definition) is 5. The Morgan fingerprint density at radius 1 is 1.37 bits per heavy atom. The summed E-state index contributed by atoms with van der Waals surface area (Å²) in [5, 5.41) is 7.63. The number of hydrogen-bond donors (Lipinski definition) is 1. The fraction of sp³-hybridized carbons (Fsp3) is 0.462. The van der Waals surface area contributed by atoms with Crippen LogP contribution in [0.3, 0.4) is 0 Å². The van der Waals surface area contributed by atoms with Crippen molar-refractivity contribution in [2.24, 2.45) is 0 Å². The molecule has 0 bridgehead atoms. The second-order valence-corrected chi connectivity index (χ2v) is 4.17. The van der Waals surface area contributed by atoms with E-state index in [2.05, 4.69) is 27.3 Å². The van der Waals surface area contributed by atoms with Crippen molar-refractivity contribution in [2.45, 2.75) is 25.9 Å². The summed E-state index contributed by atoms with van der Waals surface area (Å²) in [6, 6.07) is -0.0855. The Labute approximate surface area is 112 Å². The first-order valence-electron chi connectivity index (χ1n) is 6.34. The van der Waals surface area contributed by atoms with E-state index in [1.807, 2.05) is 11.7 Å². The molecule has 1 unspecified atom stereocenters. The largest absolute Gasteiger partial charge is 0.493 e. The Morgan fingerprint density at radius 2 is 2.21 bits per heavy atom. The minimum atomic E-state index is -0.0855. The summed E-state index contributed by atoms with van der Waals surface area (Å²) in [6.45, 7) is 2.96. The molecule has 0 aromatic carbocycles. The number of ether oxygens (including phenoxy) is 1. The van der Waals surface area contributed by atoms with Gasteiger partial charge in [-0.05, 0) is 13.5 Å². The van der Waals surface area contributed by atoms with Gasteiger partial charge in [-0.2, -0.15) is 5.10 Å². The summed E-state index contributed by atoms with van der Waals surface area (Å²) < 4.78 is 7.36. The Hall–Kier alpha value is -1.95. The van der Waals surface area contributed by atoms with Crippen molar-refractivity contribution in [1.29, 1.82) is 0 Å². The Kier molecular flexibility index (Phi) is 4.46. The van der Waals surface area contributed by atoms with E-state index in [-0.39, 0.29) is 6.04 Å². The SMILES string of the molecule is CCCn1ncc(OC)c1C(NC)c1cnccn1. The summed E-state index contributed by atoms with van der Waals surface area (Å²) in [5.74, 6) is 0.762. The lowest BCUT2D eigenvalue weighted by Gasteiger charge is -2.18. The predicted octanol–water partition coefficient (Wildman–Crippen LogP) is 1.40. The molecule has 6 heteroatoms. The smallest absolute Gasteiger partial charge is 0.161 e. The highest BCUT2D eigenvalue weighted by Gasteiger charge is 2.23. The fourth-order valence-electron chi connectivity index (χ4n) is 2.10. The molecule has 0 saturated heterocycles. The lowest BCUT2D eigenvalue weighted by Crippen LogP contribution is -2.23. The molecule has 19 heavy (non-hydrogen) atoms. The molecule has 2 aromatic heterocycles. The van der Waals surface area contributed by atoms with Crippen LogP contribution in [0.5, 0.6) is 5.75 Å². The van der Waals surface area contributed by atoms with Gasteiger partial charge in [-0.3, -0.25) is 14.6 Å². The van der Waals surface area contributed by atoms with E-state index in [0.29, 0.717) is 0 Å². The first-order chi connectivity index (χ1) is 9.31. The zero-order chi connectivity index (χ0) is 13.7. The average Bonchev–Trinajstić information content (AvgIpc) is 2.85. The molecule has 102 valence electrons. The minimum Gasteiger partial charge on any atom is -0.493 e. The molecule has 1 atom stereocenters. The van der Waals surface area contributed by atoms with Gasteiger partial charge in [0.2, 0.25) is 0 Å². The van der Waals surface area contributed by atoms with Crippen molar-refractivity contribution in [3.8, 4) is 5.75 Å². The normalized spacial score (nSPS) is 12.4. The number of nitrogens with zero attached hydrogens (tertiary/aromatic N) is 4. The summed E-state index contributed by atoms with van der Waals surface area (Å²) in [7, 11) is 3.54. The van der Waals surface area contributed by atoms with E-state index in [0.717, 1.165) is 30.1 Å². The van der Waals surface area contributed by atoms with Crippen LogP contribution < -0.4 is 10.1 Å². The molecule has 6 nitrogen and oxygen atoms in total. The molecule has 0 radical (unpaired) electrons. The van der Waals surface area contributed by atoms with Gasteiger partial charge in [0.05, 0.1) is 31.2 Å². The zero-order valence-corrected chi connectivity index (χ0v) is 11.5. The molecule has 1 N–H and O–H groups in total. The molecule has 2 rings (SSSR count). The highest BCUT2D eigenvalue weighted by atomic mass is 16.5. The van der Waals surface area contributed by atoms with E-state index in [1.165, 1.54) is 0 Å². The Balaban J connectivity index is 2.45. The quantitative estimate of drug-likeness (QED) is 0.851. The molecule has 0 saturated carbocycles. The highest BCUT2D eigenvalue weighted by molar-refractivity contribution is 5.33. The molecule has 2 aromatic rings. The van der Waals surface area contributed by atoms with Crippen LogP contribution in [0.4, 0.5) is 0 Å². The molecule has 0 fully saturated rings. The summed E-state index contributed by atoms with van der Waals surface area (Å²) >= 11 is 0. The van der Waals surface area contributed by atoms with Crippen LogP contribution >= 0.6 is 0 Å². The summed E-state index contributed by atoms with van der Waals surface area (Å²) in [6.07, 6.45) is 7.85. The van der Waals surface area contributed by atoms with Crippen LogP contribution in [-0.4, -0.2) is 33.9 Å². The van der Waals surface area contributed by atoms with Crippen LogP contribution in [0.1, 0.15) is 30.8 Å². The molecule has 0 aliphatic rings. The topological polar surface area (TPSA) is 64.9 Å². The minimum absolute atomic E-state index is 0.0855. The lowest BCUT2D eigenvalue weighted by atomic mass is 10.1. The number of methoxy groups -OCH3 is 1.